The van der Waals surface area contributed by atoms with Gasteiger partial charge in [0.25, 0.3) is 5.91 Å². The molecule has 4 rings (SSSR count). The van der Waals surface area contributed by atoms with Crippen molar-refractivity contribution < 1.29 is 9.53 Å². The molecule has 0 spiro atoms. The number of hydrogen-bond acceptors (Lipinski definition) is 3. The van der Waals surface area contributed by atoms with E-state index in [0.717, 1.165) is 22.2 Å². The van der Waals surface area contributed by atoms with Crippen LogP contribution in [0.25, 0.3) is 10.9 Å². The molecule has 4 aromatic rings. The standard InChI is InChI=1S/C22H22N4O2/c1-25-20-10-9-18(28-2)13-17(20)14-21(25)22(27)24-19(15-26-12-6-11-23-26)16-7-4-3-5-8-16/h3-14,19H,15H2,1-2H3,(H,24,27)/t19-/m0/s1. The first-order chi connectivity index (χ1) is 13.7. The summed E-state index contributed by atoms with van der Waals surface area (Å²) in [4.78, 5) is 13.1. The van der Waals surface area contributed by atoms with Gasteiger partial charge in [0.2, 0.25) is 0 Å². The maximum atomic E-state index is 13.1. The molecule has 2 heterocycles. The van der Waals surface area contributed by atoms with Crippen LogP contribution in [0, 0.1) is 0 Å². The number of ether oxygens (including phenoxy) is 1. The van der Waals surface area contributed by atoms with E-state index in [4.69, 9.17) is 4.74 Å². The number of amides is 1. The molecule has 28 heavy (non-hydrogen) atoms. The Morgan fingerprint density at radius 2 is 1.96 bits per heavy atom. The summed E-state index contributed by atoms with van der Waals surface area (Å²) in [5, 5.41) is 8.41. The Kier molecular flexibility index (Phi) is 4.85. The zero-order valence-electron chi connectivity index (χ0n) is 15.9. The molecule has 0 radical (unpaired) electrons. The number of benzene rings is 2. The molecule has 6 heteroatoms. The van der Waals surface area contributed by atoms with Crippen LogP contribution in [0.3, 0.4) is 0 Å². The normalized spacial score (nSPS) is 12.1. The predicted octanol–water partition coefficient (Wildman–Crippen LogP) is 3.55. The van der Waals surface area contributed by atoms with Crippen molar-refractivity contribution in [2.45, 2.75) is 12.6 Å². The lowest BCUT2D eigenvalue weighted by molar-refractivity contribution is 0.0924. The Labute approximate surface area is 163 Å². The number of carbonyl (C=O) groups is 1. The van der Waals surface area contributed by atoms with Gasteiger partial charge in [0.05, 0.1) is 19.7 Å². The molecule has 0 fully saturated rings. The molecular weight excluding hydrogens is 352 g/mol. The fourth-order valence-corrected chi connectivity index (χ4v) is 3.42. The van der Waals surface area contributed by atoms with E-state index in [1.807, 2.05) is 83.2 Å². The molecule has 142 valence electrons. The lowest BCUT2D eigenvalue weighted by Gasteiger charge is -2.19. The van der Waals surface area contributed by atoms with E-state index in [1.165, 1.54) is 0 Å². The summed E-state index contributed by atoms with van der Waals surface area (Å²) in [6.45, 7) is 0.556. The van der Waals surface area contributed by atoms with Crippen molar-refractivity contribution in [2.75, 3.05) is 7.11 Å². The van der Waals surface area contributed by atoms with Crippen LogP contribution in [0.5, 0.6) is 5.75 Å². The molecule has 0 saturated heterocycles. The Balaban J connectivity index is 1.64. The molecule has 0 aliphatic carbocycles. The highest BCUT2D eigenvalue weighted by atomic mass is 16.5. The van der Waals surface area contributed by atoms with Crippen LogP contribution in [-0.2, 0) is 13.6 Å². The van der Waals surface area contributed by atoms with Crippen molar-refractivity contribution in [2.24, 2.45) is 7.05 Å². The maximum absolute atomic E-state index is 13.1. The Bertz CT molecular complexity index is 1080. The first kappa shape index (κ1) is 17.9. The molecular formula is C22H22N4O2. The van der Waals surface area contributed by atoms with E-state index >= 15 is 0 Å². The van der Waals surface area contributed by atoms with Gasteiger partial charge in [-0.1, -0.05) is 30.3 Å². The van der Waals surface area contributed by atoms with E-state index in [-0.39, 0.29) is 11.9 Å². The second-order valence-electron chi connectivity index (χ2n) is 6.68. The SMILES string of the molecule is COc1ccc2c(c1)cc(C(=O)N[C@@H](Cn1cccn1)c1ccccc1)n2C. The van der Waals surface area contributed by atoms with Gasteiger partial charge < -0.3 is 14.6 Å². The van der Waals surface area contributed by atoms with Crippen molar-refractivity contribution in [1.82, 2.24) is 19.7 Å². The average molecular weight is 374 g/mol. The fourth-order valence-electron chi connectivity index (χ4n) is 3.42. The van der Waals surface area contributed by atoms with Crippen LogP contribution in [-0.4, -0.2) is 27.4 Å². The number of fused-ring (bicyclic) bond motifs is 1. The van der Waals surface area contributed by atoms with Crippen LogP contribution in [0.4, 0.5) is 0 Å². The third-order valence-electron chi connectivity index (χ3n) is 4.92. The average Bonchev–Trinajstić information content (AvgIpc) is 3.35. The van der Waals surface area contributed by atoms with Gasteiger partial charge in [-0.15, -0.1) is 0 Å². The molecule has 0 aliphatic rings. The summed E-state index contributed by atoms with van der Waals surface area (Å²) in [6, 6.07) is 19.3. The highest BCUT2D eigenvalue weighted by Crippen LogP contribution is 2.24. The van der Waals surface area contributed by atoms with Gasteiger partial charge in [0, 0.05) is 30.3 Å². The number of nitrogens with one attached hydrogen (secondary N) is 1. The van der Waals surface area contributed by atoms with Crippen molar-refractivity contribution in [1.29, 1.82) is 0 Å². The second-order valence-corrected chi connectivity index (χ2v) is 6.68. The third-order valence-corrected chi connectivity index (χ3v) is 4.92. The van der Waals surface area contributed by atoms with Crippen LogP contribution in [0.1, 0.15) is 22.1 Å². The minimum atomic E-state index is -0.193. The third kappa shape index (κ3) is 3.49. The van der Waals surface area contributed by atoms with Crippen LogP contribution in [0.15, 0.2) is 73.1 Å². The van der Waals surface area contributed by atoms with Gasteiger partial charge in [-0.25, -0.2) is 0 Å². The molecule has 1 N–H and O–H groups in total. The molecule has 2 aromatic carbocycles. The number of nitrogens with zero attached hydrogens (tertiary/aromatic N) is 3. The number of aryl methyl sites for hydroxylation is 1. The van der Waals surface area contributed by atoms with Crippen molar-refractivity contribution in [3.05, 3.63) is 84.3 Å². The molecule has 0 aliphatic heterocycles. The number of hydrogen-bond donors (Lipinski definition) is 1. The number of carbonyl (C=O) groups excluding carboxylic acids is 1. The molecule has 0 saturated carbocycles. The van der Waals surface area contributed by atoms with Gasteiger partial charge in [-0.2, -0.15) is 5.10 Å². The lowest BCUT2D eigenvalue weighted by Crippen LogP contribution is -2.32. The number of aromatic nitrogens is 3. The van der Waals surface area contributed by atoms with E-state index < -0.39 is 0 Å². The Hall–Kier alpha value is -3.54. The smallest absolute Gasteiger partial charge is 0.268 e. The predicted molar refractivity (Wildman–Crippen MR) is 108 cm³/mol. The highest BCUT2D eigenvalue weighted by molar-refractivity contribution is 5.99. The summed E-state index contributed by atoms with van der Waals surface area (Å²) >= 11 is 0. The van der Waals surface area contributed by atoms with Crippen molar-refractivity contribution >= 4 is 16.8 Å². The topological polar surface area (TPSA) is 61.1 Å². The number of rotatable bonds is 6. The summed E-state index contributed by atoms with van der Waals surface area (Å²) in [5.74, 6) is 0.643. The molecule has 6 nitrogen and oxygen atoms in total. The van der Waals surface area contributed by atoms with E-state index in [0.29, 0.717) is 12.2 Å². The Morgan fingerprint density at radius 3 is 2.68 bits per heavy atom. The molecule has 0 unspecified atom stereocenters. The summed E-state index contributed by atoms with van der Waals surface area (Å²) in [7, 11) is 3.53. The van der Waals surface area contributed by atoms with Crippen LogP contribution < -0.4 is 10.1 Å². The van der Waals surface area contributed by atoms with Crippen LogP contribution >= 0.6 is 0 Å². The molecule has 2 aromatic heterocycles. The minimum Gasteiger partial charge on any atom is -0.497 e. The summed E-state index contributed by atoms with van der Waals surface area (Å²) < 4.78 is 9.02. The Morgan fingerprint density at radius 1 is 1.14 bits per heavy atom. The minimum absolute atomic E-state index is 0.126. The first-order valence-corrected chi connectivity index (χ1v) is 9.12. The highest BCUT2D eigenvalue weighted by Gasteiger charge is 2.20. The van der Waals surface area contributed by atoms with Crippen molar-refractivity contribution in [3.8, 4) is 5.75 Å². The molecule has 1 atom stereocenters. The zero-order valence-corrected chi connectivity index (χ0v) is 15.9. The van der Waals surface area contributed by atoms with Crippen LogP contribution in [0.2, 0.25) is 0 Å². The number of methoxy groups -OCH3 is 1. The molecule has 1 amide bonds. The van der Waals surface area contributed by atoms with E-state index in [1.54, 1.807) is 13.3 Å². The second kappa shape index (κ2) is 7.60. The zero-order chi connectivity index (χ0) is 19.5. The van der Waals surface area contributed by atoms with Gasteiger partial charge in [0.1, 0.15) is 11.4 Å². The van der Waals surface area contributed by atoms with Gasteiger partial charge in [-0.3, -0.25) is 9.48 Å². The first-order valence-electron chi connectivity index (χ1n) is 9.12. The fraction of sp³-hybridized carbons (Fsp3) is 0.182. The largest absolute Gasteiger partial charge is 0.497 e. The van der Waals surface area contributed by atoms with Gasteiger partial charge in [0.15, 0.2) is 0 Å². The van der Waals surface area contributed by atoms with Crippen molar-refractivity contribution in [3.63, 3.8) is 0 Å². The van der Waals surface area contributed by atoms with Gasteiger partial charge >= 0.3 is 0 Å². The van der Waals surface area contributed by atoms with E-state index in [9.17, 15) is 4.79 Å². The monoisotopic (exact) mass is 374 g/mol. The maximum Gasteiger partial charge on any atom is 0.268 e. The summed E-state index contributed by atoms with van der Waals surface area (Å²) in [6.07, 6.45) is 3.63. The summed E-state index contributed by atoms with van der Waals surface area (Å²) in [5.41, 5.74) is 2.62. The quantitative estimate of drug-likeness (QED) is 0.561. The van der Waals surface area contributed by atoms with Gasteiger partial charge in [-0.05, 0) is 35.9 Å². The lowest BCUT2D eigenvalue weighted by atomic mass is 10.1. The van der Waals surface area contributed by atoms with E-state index in [2.05, 4.69) is 10.4 Å². The molecule has 0 bridgehead atoms.